The number of benzene rings is 3. The van der Waals surface area contributed by atoms with E-state index in [4.69, 9.17) is 5.26 Å². The molecule has 4 rings (SSSR count). The van der Waals surface area contributed by atoms with Gasteiger partial charge >= 0.3 is 5.97 Å². The average molecular weight is 476 g/mol. The Morgan fingerprint density at radius 1 is 1.00 bits per heavy atom. The number of hydrogen-bond acceptors (Lipinski definition) is 5. The Balaban J connectivity index is 0.000000420. The predicted molar refractivity (Wildman–Crippen MR) is 134 cm³/mol. The highest BCUT2D eigenvalue weighted by molar-refractivity contribution is 5.84. The van der Waals surface area contributed by atoms with Crippen LogP contribution in [0.2, 0.25) is 0 Å². The van der Waals surface area contributed by atoms with Gasteiger partial charge in [0.05, 0.1) is 16.7 Å². The van der Waals surface area contributed by atoms with Crippen molar-refractivity contribution >= 4 is 11.7 Å². The van der Waals surface area contributed by atoms with E-state index in [-0.39, 0.29) is 17.1 Å². The van der Waals surface area contributed by atoms with Crippen molar-refractivity contribution in [1.29, 1.82) is 5.26 Å². The lowest BCUT2D eigenvalue weighted by Gasteiger charge is -2.12. The van der Waals surface area contributed by atoms with Crippen LogP contribution in [-0.2, 0) is 16.6 Å². The first-order valence-corrected chi connectivity index (χ1v) is 11.7. The van der Waals surface area contributed by atoms with Crippen LogP contribution in [0.25, 0.3) is 0 Å². The van der Waals surface area contributed by atoms with Gasteiger partial charge in [0.2, 0.25) is 0 Å². The molecule has 3 aromatic carbocycles. The second kappa shape index (κ2) is 12.5. The van der Waals surface area contributed by atoms with Crippen LogP contribution in [0.4, 0.5) is 10.1 Å². The summed E-state index contributed by atoms with van der Waals surface area (Å²) in [5, 5.41) is 34.8. The minimum atomic E-state index is -0.721. The largest absolute Gasteiger partial charge is 0.504 e. The van der Waals surface area contributed by atoms with Gasteiger partial charge in [-0.25, -0.2) is 4.39 Å². The first-order valence-electron chi connectivity index (χ1n) is 11.7. The second-order valence-electron chi connectivity index (χ2n) is 8.48. The zero-order chi connectivity index (χ0) is 25.1. The van der Waals surface area contributed by atoms with E-state index in [0.717, 1.165) is 49.9 Å². The van der Waals surface area contributed by atoms with Gasteiger partial charge in [-0.15, -0.1) is 0 Å². The monoisotopic (exact) mass is 475 g/mol. The number of para-hydroxylation sites is 1. The Hall–Kier alpha value is -3.89. The summed E-state index contributed by atoms with van der Waals surface area (Å²) in [6.07, 6.45) is 3.17. The molecule has 0 amide bonds. The van der Waals surface area contributed by atoms with Gasteiger partial charge in [-0.1, -0.05) is 48.5 Å². The number of phenols is 1. The number of aromatic hydroxyl groups is 1. The number of phenolic OH excluding ortho intramolecular Hbond substituents is 1. The summed E-state index contributed by atoms with van der Waals surface area (Å²) < 4.78 is 11.9. The van der Waals surface area contributed by atoms with Crippen LogP contribution in [0.5, 0.6) is 5.75 Å². The number of carbonyl (C=O) groups is 1. The second-order valence-corrected chi connectivity index (χ2v) is 8.48. The first kappa shape index (κ1) is 25.7. The molecule has 0 atom stereocenters. The van der Waals surface area contributed by atoms with Crippen LogP contribution in [-0.4, -0.2) is 35.8 Å². The number of carboxylic acids is 1. The summed E-state index contributed by atoms with van der Waals surface area (Å²) in [7, 11) is 0. The molecule has 7 heteroatoms. The molecule has 0 bridgehead atoms. The molecule has 0 heterocycles. The molecule has 35 heavy (non-hydrogen) atoms. The van der Waals surface area contributed by atoms with Gasteiger partial charge in [0.25, 0.3) is 0 Å². The van der Waals surface area contributed by atoms with Crippen LogP contribution < -0.4 is 10.6 Å². The van der Waals surface area contributed by atoms with Crippen LogP contribution in [0.15, 0.2) is 72.8 Å². The van der Waals surface area contributed by atoms with E-state index in [1.165, 1.54) is 12.1 Å². The summed E-state index contributed by atoms with van der Waals surface area (Å²) in [6, 6.07) is 22.9. The molecule has 182 valence electrons. The van der Waals surface area contributed by atoms with E-state index in [1.807, 2.05) is 30.3 Å². The van der Waals surface area contributed by atoms with Crippen molar-refractivity contribution in [2.75, 3.05) is 25.0 Å². The molecule has 0 aromatic heterocycles. The summed E-state index contributed by atoms with van der Waals surface area (Å²) in [5.74, 6) is -0.906. The molecule has 1 saturated carbocycles. The van der Waals surface area contributed by atoms with Gasteiger partial charge < -0.3 is 20.8 Å². The third-order valence-corrected chi connectivity index (χ3v) is 5.96. The van der Waals surface area contributed by atoms with Gasteiger partial charge in [0, 0.05) is 6.54 Å². The van der Waals surface area contributed by atoms with E-state index in [2.05, 4.69) is 10.6 Å². The molecular formula is C28H30FN3O3. The minimum absolute atomic E-state index is 0.00682. The quantitative estimate of drug-likeness (QED) is 0.247. The summed E-state index contributed by atoms with van der Waals surface area (Å²) >= 11 is 0. The number of aliphatic carboxylic acids is 1. The van der Waals surface area contributed by atoms with Gasteiger partial charge in [-0.2, -0.15) is 5.26 Å². The Labute approximate surface area is 205 Å². The normalized spacial score (nSPS) is 13.1. The zero-order valence-corrected chi connectivity index (χ0v) is 19.5. The minimum Gasteiger partial charge on any atom is -0.504 e. The molecule has 0 aliphatic heterocycles. The maximum Gasteiger partial charge on any atom is 0.314 e. The van der Waals surface area contributed by atoms with Crippen molar-refractivity contribution in [3.8, 4) is 11.8 Å². The lowest BCUT2D eigenvalue weighted by atomic mass is 9.94. The highest BCUT2D eigenvalue weighted by atomic mass is 19.1. The highest BCUT2D eigenvalue weighted by Crippen LogP contribution is 2.48. The van der Waals surface area contributed by atoms with Crippen LogP contribution in [0.3, 0.4) is 0 Å². The number of nitrogens with one attached hydrogen (secondary N) is 2. The summed E-state index contributed by atoms with van der Waals surface area (Å²) in [5.41, 5.74) is 2.25. The van der Waals surface area contributed by atoms with E-state index in [9.17, 15) is 19.4 Å². The number of rotatable bonds is 10. The number of halogens is 1. The van der Waals surface area contributed by atoms with Gasteiger partial charge in [-0.3, -0.25) is 4.79 Å². The fourth-order valence-electron chi connectivity index (χ4n) is 3.76. The molecule has 1 fully saturated rings. The van der Waals surface area contributed by atoms with Gasteiger partial charge in [0.15, 0.2) is 5.75 Å². The van der Waals surface area contributed by atoms with Gasteiger partial charge in [0.1, 0.15) is 11.9 Å². The van der Waals surface area contributed by atoms with Crippen LogP contribution in [0, 0.1) is 17.1 Å². The SMILES string of the molecule is Fc1ccccc1.N#Cc1cccc(NCCCNCCc2cccc(C3(C(=O)O)CC3)c2)c1O. The number of anilines is 1. The van der Waals surface area contributed by atoms with Crippen LogP contribution >= 0.6 is 0 Å². The standard InChI is InChI=1S/C22H25N3O3.C6H5F/c23-15-17-5-2-7-19(20(17)26)25-12-3-11-24-13-8-16-4-1-6-18(14-16)22(9-10-22)21(27)28;7-6-4-2-1-3-5-6/h1-2,4-7,14,24-26H,3,8-13H2,(H,27,28);1-5H. The maximum absolute atomic E-state index is 11.9. The summed E-state index contributed by atoms with van der Waals surface area (Å²) in [6.45, 7) is 2.33. The molecule has 6 nitrogen and oxygen atoms in total. The fourth-order valence-corrected chi connectivity index (χ4v) is 3.76. The molecule has 0 unspecified atom stereocenters. The van der Waals surface area contributed by atoms with Crippen molar-refractivity contribution < 1.29 is 19.4 Å². The van der Waals surface area contributed by atoms with E-state index < -0.39 is 11.4 Å². The maximum atomic E-state index is 11.9. The third kappa shape index (κ3) is 7.29. The van der Waals surface area contributed by atoms with E-state index in [0.29, 0.717) is 12.2 Å². The molecular weight excluding hydrogens is 445 g/mol. The van der Waals surface area contributed by atoms with Crippen molar-refractivity contribution in [2.45, 2.75) is 31.1 Å². The van der Waals surface area contributed by atoms with Crippen molar-refractivity contribution in [3.05, 3.63) is 95.3 Å². The van der Waals surface area contributed by atoms with Crippen molar-refractivity contribution in [3.63, 3.8) is 0 Å². The highest BCUT2D eigenvalue weighted by Gasteiger charge is 2.51. The average Bonchev–Trinajstić information content (AvgIpc) is 3.68. The zero-order valence-electron chi connectivity index (χ0n) is 19.5. The van der Waals surface area contributed by atoms with Gasteiger partial charge in [-0.05, 0) is 74.2 Å². The molecule has 4 N–H and O–H groups in total. The predicted octanol–water partition coefficient (Wildman–Crippen LogP) is 4.84. The van der Waals surface area contributed by atoms with Crippen molar-refractivity contribution in [2.24, 2.45) is 0 Å². The van der Waals surface area contributed by atoms with Crippen LogP contribution in [0.1, 0.15) is 36.0 Å². The Bertz CT molecular complexity index is 1160. The summed E-state index contributed by atoms with van der Waals surface area (Å²) in [4.78, 5) is 11.5. The smallest absolute Gasteiger partial charge is 0.314 e. The Morgan fingerprint density at radius 2 is 1.74 bits per heavy atom. The van der Waals surface area contributed by atoms with E-state index >= 15 is 0 Å². The molecule has 0 radical (unpaired) electrons. The van der Waals surface area contributed by atoms with E-state index in [1.54, 1.807) is 36.4 Å². The molecule has 0 spiro atoms. The molecule has 3 aromatic rings. The van der Waals surface area contributed by atoms with Crippen molar-refractivity contribution in [1.82, 2.24) is 5.32 Å². The molecule has 0 saturated heterocycles. The first-order chi connectivity index (χ1) is 17.0. The number of carboxylic acid groups (broad SMARTS) is 1. The number of nitriles is 1. The Kier molecular flexibility index (Phi) is 9.22. The molecule has 1 aliphatic carbocycles. The lowest BCUT2D eigenvalue weighted by Crippen LogP contribution is -2.21. The topological polar surface area (TPSA) is 105 Å². The Morgan fingerprint density at radius 3 is 2.37 bits per heavy atom. The number of nitrogens with zero attached hydrogens (tertiary/aromatic N) is 1. The number of hydrogen-bond donors (Lipinski definition) is 4. The fraction of sp³-hybridized carbons (Fsp3) is 0.286. The molecule has 1 aliphatic rings. The lowest BCUT2D eigenvalue weighted by molar-refractivity contribution is -0.140. The third-order valence-electron chi connectivity index (χ3n) is 5.96.